The zero-order valence-electron chi connectivity index (χ0n) is 17.7. The molecule has 6 heteroatoms. The highest BCUT2D eigenvalue weighted by atomic mass is 16.6. The van der Waals surface area contributed by atoms with Gasteiger partial charge in [0.1, 0.15) is 6.10 Å². The molecule has 2 aliphatic carbocycles. The van der Waals surface area contributed by atoms with Crippen LogP contribution >= 0.6 is 0 Å². The van der Waals surface area contributed by atoms with E-state index in [2.05, 4.69) is 6.92 Å². The number of aliphatic hydroxyl groups is 1. The summed E-state index contributed by atoms with van der Waals surface area (Å²) in [6, 6.07) is 0. The predicted octanol–water partition coefficient (Wildman–Crippen LogP) is 3.73. The van der Waals surface area contributed by atoms with E-state index in [-0.39, 0.29) is 41.6 Å². The highest BCUT2D eigenvalue weighted by Gasteiger charge is 2.61. The first-order valence-corrected chi connectivity index (χ1v) is 10.9. The van der Waals surface area contributed by atoms with Crippen LogP contribution in [0.5, 0.6) is 0 Å². The molecule has 2 saturated carbocycles. The Morgan fingerprint density at radius 3 is 2.50 bits per heavy atom. The van der Waals surface area contributed by atoms with E-state index in [9.17, 15) is 14.7 Å². The second kappa shape index (κ2) is 8.31. The lowest BCUT2D eigenvalue weighted by atomic mass is 9.59. The van der Waals surface area contributed by atoms with E-state index in [0.29, 0.717) is 12.3 Å². The number of esters is 2. The molecule has 0 radical (unpaired) electrons. The zero-order chi connectivity index (χ0) is 20.5. The average molecular weight is 397 g/mol. The molecule has 6 nitrogen and oxygen atoms in total. The quantitative estimate of drug-likeness (QED) is 0.689. The number of rotatable bonds is 6. The van der Waals surface area contributed by atoms with E-state index in [1.807, 2.05) is 6.92 Å². The molecule has 7 atom stereocenters. The Hall–Kier alpha value is -1.14. The van der Waals surface area contributed by atoms with Crippen molar-refractivity contribution in [1.29, 1.82) is 0 Å². The lowest BCUT2D eigenvalue weighted by Gasteiger charge is -2.55. The van der Waals surface area contributed by atoms with Gasteiger partial charge in [-0.05, 0) is 64.2 Å². The molecule has 1 aliphatic heterocycles. The molecular formula is C22H36O6. The molecular weight excluding hydrogens is 360 g/mol. The van der Waals surface area contributed by atoms with Gasteiger partial charge >= 0.3 is 11.9 Å². The first kappa shape index (κ1) is 21.6. The number of hydrogen-bond acceptors (Lipinski definition) is 6. The highest BCUT2D eigenvalue weighted by molar-refractivity contribution is 5.66. The number of carbonyl (C=O) groups is 2. The Morgan fingerprint density at radius 2 is 1.82 bits per heavy atom. The molecule has 0 aromatic carbocycles. The summed E-state index contributed by atoms with van der Waals surface area (Å²) < 4.78 is 17.0. The molecule has 0 spiro atoms. The van der Waals surface area contributed by atoms with Crippen LogP contribution in [-0.4, -0.2) is 41.1 Å². The molecule has 3 aliphatic rings. The number of hydrogen-bond donors (Lipinski definition) is 1. The molecule has 0 aromatic rings. The van der Waals surface area contributed by atoms with Crippen molar-refractivity contribution >= 4 is 11.9 Å². The predicted molar refractivity (Wildman–Crippen MR) is 103 cm³/mol. The Morgan fingerprint density at radius 1 is 1.11 bits per heavy atom. The van der Waals surface area contributed by atoms with Gasteiger partial charge in [0.05, 0.1) is 12.2 Å². The monoisotopic (exact) mass is 396 g/mol. The molecule has 3 rings (SSSR count). The largest absolute Gasteiger partial charge is 0.463 e. The third-order valence-corrected chi connectivity index (χ3v) is 7.39. The molecule has 0 aromatic heterocycles. The van der Waals surface area contributed by atoms with Crippen LogP contribution in [-0.2, 0) is 23.8 Å². The van der Waals surface area contributed by atoms with Crippen LogP contribution in [0, 0.1) is 17.3 Å². The summed E-state index contributed by atoms with van der Waals surface area (Å²) in [4.78, 5) is 22.5. The van der Waals surface area contributed by atoms with Crippen LogP contribution in [0.4, 0.5) is 0 Å². The third-order valence-electron chi connectivity index (χ3n) is 7.39. The van der Waals surface area contributed by atoms with Crippen LogP contribution in [0.25, 0.3) is 0 Å². The molecule has 1 heterocycles. The number of carbonyl (C=O) groups excluding carboxylic acids is 2. The maximum atomic E-state index is 11.5. The minimum Gasteiger partial charge on any atom is -0.463 e. The van der Waals surface area contributed by atoms with E-state index >= 15 is 0 Å². The van der Waals surface area contributed by atoms with E-state index in [0.717, 1.165) is 51.4 Å². The van der Waals surface area contributed by atoms with Crippen LogP contribution in [0.2, 0.25) is 0 Å². The Kier molecular flexibility index (Phi) is 6.40. The molecule has 0 amide bonds. The number of ether oxygens (including phenoxy) is 3. The first-order valence-electron chi connectivity index (χ1n) is 10.9. The first-order chi connectivity index (χ1) is 13.1. The smallest absolute Gasteiger partial charge is 0.302 e. The van der Waals surface area contributed by atoms with Gasteiger partial charge in [-0.2, -0.15) is 0 Å². The van der Waals surface area contributed by atoms with E-state index in [1.165, 1.54) is 13.8 Å². The van der Waals surface area contributed by atoms with Crippen molar-refractivity contribution in [3.63, 3.8) is 0 Å². The highest BCUT2D eigenvalue weighted by Crippen LogP contribution is 2.60. The van der Waals surface area contributed by atoms with Gasteiger partial charge in [-0.25, -0.2) is 0 Å². The molecule has 0 bridgehead atoms. The molecule has 28 heavy (non-hydrogen) atoms. The fourth-order valence-corrected chi connectivity index (χ4v) is 6.04. The third kappa shape index (κ3) is 4.38. The fourth-order valence-electron chi connectivity index (χ4n) is 6.04. The molecule has 1 N–H and O–H groups in total. The summed E-state index contributed by atoms with van der Waals surface area (Å²) >= 11 is 0. The number of fused-ring (bicyclic) bond motifs is 3. The maximum absolute atomic E-state index is 11.5. The van der Waals surface area contributed by atoms with Gasteiger partial charge in [-0.15, -0.1) is 0 Å². The summed E-state index contributed by atoms with van der Waals surface area (Å²) in [6.45, 7) is 7.05. The van der Waals surface area contributed by atoms with Crippen LogP contribution in [0.3, 0.4) is 0 Å². The molecule has 7 unspecified atom stereocenters. The van der Waals surface area contributed by atoms with Crippen LogP contribution < -0.4 is 0 Å². The van der Waals surface area contributed by atoms with Crippen molar-refractivity contribution in [2.75, 3.05) is 0 Å². The standard InChI is InChI=1S/C22H36O6/c1-14(26-15(2)23)6-5-7-17-8-9-19-18-10-11-20(27-16(3)24)21(18,4)12-13-22(19,25)28-17/h14,17-20,25H,5-13H2,1-4H3. The van der Waals surface area contributed by atoms with Gasteiger partial charge in [0.25, 0.3) is 0 Å². The van der Waals surface area contributed by atoms with Gasteiger partial charge in [0.15, 0.2) is 5.79 Å². The van der Waals surface area contributed by atoms with Crippen molar-refractivity contribution in [1.82, 2.24) is 0 Å². The van der Waals surface area contributed by atoms with Gasteiger partial charge in [-0.1, -0.05) is 6.92 Å². The van der Waals surface area contributed by atoms with Crippen LogP contribution in [0.15, 0.2) is 0 Å². The van der Waals surface area contributed by atoms with Gasteiger partial charge < -0.3 is 19.3 Å². The summed E-state index contributed by atoms with van der Waals surface area (Å²) in [5, 5.41) is 11.3. The fraction of sp³-hybridized carbons (Fsp3) is 0.909. The summed E-state index contributed by atoms with van der Waals surface area (Å²) in [6.07, 6.45) is 7.71. The van der Waals surface area contributed by atoms with Crippen molar-refractivity contribution in [2.24, 2.45) is 17.3 Å². The zero-order valence-corrected chi connectivity index (χ0v) is 17.7. The van der Waals surface area contributed by atoms with Crippen molar-refractivity contribution in [2.45, 2.75) is 110 Å². The molecule has 160 valence electrons. The van der Waals surface area contributed by atoms with Crippen molar-refractivity contribution in [3.05, 3.63) is 0 Å². The van der Waals surface area contributed by atoms with E-state index in [1.54, 1.807) is 0 Å². The minimum atomic E-state index is -1.06. The van der Waals surface area contributed by atoms with Crippen molar-refractivity contribution < 1.29 is 28.9 Å². The van der Waals surface area contributed by atoms with Gasteiger partial charge in [0, 0.05) is 31.6 Å². The average Bonchev–Trinajstić information content (AvgIpc) is 2.90. The summed E-state index contributed by atoms with van der Waals surface area (Å²) in [5.41, 5.74) is -0.0573. The van der Waals surface area contributed by atoms with E-state index in [4.69, 9.17) is 14.2 Å². The Bertz CT molecular complexity index is 592. The van der Waals surface area contributed by atoms with Gasteiger partial charge in [0.2, 0.25) is 0 Å². The SMILES string of the molecule is CC(=O)OC(C)CCCC1CCC2C3CCC(OC(C)=O)C3(C)CCC2(O)O1. The second-order valence-electron chi connectivity index (χ2n) is 9.41. The topological polar surface area (TPSA) is 82.1 Å². The lowest BCUT2D eigenvalue weighted by Crippen LogP contribution is -2.57. The second-order valence-corrected chi connectivity index (χ2v) is 9.41. The normalized spacial score (nSPS) is 40.9. The summed E-state index contributed by atoms with van der Waals surface area (Å²) in [7, 11) is 0. The maximum Gasteiger partial charge on any atom is 0.302 e. The molecule has 3 fully saturated rings. The van der Waals surface area contributed by atoms with Crippen molar-refractivity contribution in [3.8, 4) is 0 Å². The lowest BCUT2D eigenvalue weighted by molar-refractivity contribution is -0.320. The summed E-state index contributed by atoms with van der Waals surface area (Å²) in [5.74, 6) is -1.06. The minimum absolute atomic E-state index is 0.0416. The molecule has 1 saturated heterocycles. The Labute approximate surface area is 168 Å². The van der Waals surface area contributed by atoms with E-state index < -0.39 is 5.79 Å². The Balaban J connectivity index is 1.55. The van der Waals surface area contributed by atoms with Crippen LogP contribution in [0.1, 0.15) is 85.5 Å². The van der Waals surface area contributed by atoms with Gasteiger partial charge in [-0.3, -0.25) is 9.59 Å².